The number of carbonyl (C=O) groups is 1. The van der Waals surface area contributed by atoms with Gasteiger partial charge in [-0.3, -0.25) is 4.79 Å². The van der Waals surface area contributed by atoms with Gasteiger partial charge >= 0.3 is 0 Å². The quantitative estimate of drug-likeness (QED) is 0.827. The van der Waals surface area contributed by atoms with Crippen LogP contribution in [0.4, 0.5) is 11.6 Å². The third-order valence-corrected chi connectivity index (χ3v) is 5.31. The lowest BCUT2D eigenvalue weighted by atomic mass is 9.95. The zero-order valence-electron chi connectivity index (χ0n) is 14.9. The molecule has 0 bridgehead atoms. The molecule has 2 aliphatic rings. The molecule has 1 aromatic heterocycles. The van der Waals surface area contributed by atoms with E-state index < -0.39 is 0 Å². The molecular formula is C18H29N5O. The van der Waals surface area contributed by atoms with Crippen molar-refractivity contribution in [2.45, 2.75) is 39.5 Å². The van der Waals surface area contributed by atoms with Gasteiger partial charge in [0.25, 0.3) is 0 Å². The van der Waals surface area contributed by atoms with E-state index in [2.05, 4.69) is 39.7 Å². The number of rotatable bonds is 5. The Balaban J connectivity index is 1.60. The van der Waals surface area contributed by atoms with Gasteiger partial charge in [0.2, 0.25) is 5.91 Å². The molecule has 2 fully saturated rings. The predicted octanol–water partition coefficient (Wildman–Crippen LogP) is 2.16. The number of aromatic nitrogens is 2. The highest BCUT2D eigenvalue weighted by Gasteiger charge is 2.28. The summed E-state index contributed by atoms with van der Waals surface area (Å²) in [5.74, 6) is 2.53. The summed E-state index contributed by atoms with van der Waals surface area (Å²) in [6.07, 6.45) is 6.00. The predicted molar refractivity (Wildman–Crippen MR) is 96.3 cm³/mol. The van der Waals surface area contributed by atoms with Crippen molar-refractivity contribution >= 4 is 17.5 Å². The number of carbonyl (C=O) groups excluding carboxylic acids is 1. The monoisotopic (exact) mass is 331 g/mol. The van der Waals surface area contributed by atoms with E-state index in [0.717, 1.165) is 63.7 Å². The second-order valence-corrected chi connectivity index (χ2v) is 6.70. The fourth-order valence-electron chi connectivity index (χ4n) is 3.78. The first-order valence-electron chi connectivity index (χ1n) is 9.33. The number of hydrogen-bond donors (Lipinski definition) is 0. The minimum atomic E-state index is 0.168. The van der Waals surface area contributed by atoms with Crippen LogP contribution < -0.4 is 9.80 Å². The van der Waals surface area contributed by atoms with Crippen molar-refractivity contribution in [3.63, 3.8) is 0 Å². The third-order valence-electron chi connectivity index (χ3n) is 5.31. The van der Waals surface area contributed by atoms with Crippen molar-refractivity contribution < 1.29 is 4.79 Å². The van der Waals surface area contributed by atoms with Gasteiger partial charge in [0, 0.05) is 51.3 Å². The van der Waals surface area contributed by atoms with E-state index in [4.69, 9.17) is 0 Å². The Morgan fingerprint density at radius 1 is 1.04 bits per heavy atom. The summed E-state index contributed by atoms with van der Waals surface area (Å²) in [7, 11) is 0. The van der Waals surface area contributed by atoms with E-state index in [0.29, 0.717) is 5.91 Å². The van der Waals surface area contributed by atoms with E-state index >= 15 is 0 Å². The lowest BCUT2D eigenvalue weighted by molar-refractivity contribution is -0.135. The minimum Gasteiger partial charge on any atom is -0.356 e. The molecule has 6 heteroatoms. The van der Waals surface area contributed by atoms with Crippen LogP contribution in [0.5, 0.6) is 0 Å². The smallest absolute Gasteiger partial charge is 0.225 e. The van der Waals surface area contributed by atoms with Crippen LogP contribution in [0.2, 0.25) is 0 Å². The van der Waals surface area contributed by atoms with Crippen molar-refractivity contribution in [3.8, 4) is 0 Å². The number of hydrogen-bond acceptors (Lipinski definition) is 5. The molecule has 6 nitrogen and oxygen atoms in total. The van der Waals surface area contributed by atoms with E-state index in [9.17, 15) is 4.79 Å². The SMILES string of the molecule is CCN(CC)C(=O)C1CCN(c2cc(N3CCCC3)ncn2)CC1. The van der Waals surface area contributed by atoms with Crippen LogP contribution in [0.3, 0.4) is 0 Å². The van der Waals surface area contributed by atoms with Crippen LogP contribution >= 0.6 is 0 Å². The van der Waals surface area contributed by atoms with Crippen molar-refractivity contribution in [2.75, 3.05) is 49.1 Å². The van der Waals surface area contributed by atoms with Gasteiger partial charge in [0.1, 0.15) is 18.0 Å². The maximum absolute atomic E-state index is 12.5. The lowest BCUT2D eigenvalue weighted by Gasteiger charge is -2.34. The molecule has 0 N–H and O–H groups in total. The van der Waals surface area contributed by atoms with E-state index in [1.54, 1.807) is 6.33 Å². The molecule has 0 saturated carbocycles. The average molecular weight is 331 g/mol. The van der Waals surface area contributed by atoms with Crippen LogP contribution in [-0.4, -0.2) is 60.0 Å². The summed E-state index contributed by atoms with van der Waals surface area (Å²) in [5.41, 5.74) is 0. The Bertz CT molecular complexity index is 546. The molecule has 0 aliphatic carbocycles. The second kappa shape index (κ2) is 7.81. The molecule has 3 heterocycles. The summed E-state index contributed by atoms with van der Waals surface area (Å²) in [4.78, 5) is 28.0. The molecule has 0 atom stereocenters. The third kappa shape index (κ3) is 3.62. The van der Waals surface area contributed by atoms with E-state index in [1.807, 2.05) is 4.90 Å². The van der Waals surface area contributed by atoms with Crippen molar-refractivity contribution in [1.29, 1.82) is 0 Å². The first-order valence-corrected chi connectivity index (χ1v) is 9.33. The number of anilines is 2. The van der Waals surface area contributed by atoms with Crippen LogP contribution in [0, 0.1) is 5.92 Å². The Labute approximate surface area is 144 Å². The van der Waals surface area contributed by atoms with E-state index in [1.165, 1.54) is 12.8 Å². The number of nitrogens with zero attached hydrogens (tertiary/aromatic N) is 5. The molecule has 2 aliphatic heterocycles. The van der Waals surface area contributed by atoms with Crippen LogP contribution in [0.25, 0.3) is 0 Å². The molecule has 0 unspecified atom stereocenters. The van der Waals surface area contributed by atoms with Gasteiger partial charge in [-0.05, 0) is 39.5 Å². The number of piperidine rings is 1. The van der Waals surface area contributed by atoms with E-state index in [-0.39, 0.29) is 5.92 Å². The Morgan fingerprint density at radius 2 is 1.58 bits per heavy atom. The molecule has 132 valence electrons. The summed E-state index contributed by atoms with van der Waals surface area (Å²) < 4.78 is 0. The second-order valence-electron chi connectivity index (χ2n) is 6.70. The Morgan fingerprint density at radius 3 is 2.12 bits per heavy atom. The van der Waals surface area contributed by atoms with Crippen LogP contribution in [0.15, 0.2) is 12.4 Å². The first-order chi connectivity index (χ1) is 11.7. The maximum atomic E-state index is 12.5. The average Bonchev–Trinajstić information content (AvgIpc) is 3.18. The van der Waals surface area contributed by atoms with Gasteiger partial charge in [0.15, 0.2) is 0 Å². The highest BCUT2D eigenvalue weighted by molar-refractivity contribution is 5.79. The van der Waals surface area contributed by atoms with Gasteiger partial charge < -0.3 is 14.7 Å². The zero-order valence-corrected chi connectivity index (χ0v) is 14.9. The topological polar surface area (TPSA) is 52.6 Å². The summed E-state index contributed by atoms with van der Waals surface area (Å²) in [6.45, 7) is 9.70. The molecule has 1 amide bonds. The molecule has 0 radical (unpaired) electrons. The summed E-state index contributed by atoms with van der Waals surface area (Å²) >= 11 is 0. The number of amides is 1. The summed E-state index contributed by atoms with van der Waals surface area (Å²) in [6, 6.07) is 2.11. The normalized spacial score (nSPS) is 18.9. The molecule has 1 aromatic rings. The Kier molecular flexibility index (Phi) is 5.53. The van der Waals surface area contributed by atoms with Gasteiger partial charge in [0.05, 0.1) is 0 Å². The minimum absolute atomic E-state index is 0.168. The van der Waals surface area contributed by atoms with Crippen LogP contribution in [0.1, 0.15) is 39.5 Å². The maximum Gasteiger partial charge on any atom is 0.225 e. The highest BCUT2D eigenvalue weighted by Crippen LogP contribution is 2.26. The highest BCUT2D eigenvalue weighted by atomic mass is 16.2. The molecular weight excluding hydrogens is 302 g/mol. The molecule has 24 heavy (non-hydrogen) atoms. The standard InChI is InChI=1S/C18H29N5O/c1-3-21(4-2)18(24)15-7-11-23(12-8-15)17-13-16(19-14-20-17)22-9-5-6-10-22/h13-15H,3-12H2,1-2H3. The molecule has 0 aromatic carbocycles. The van der Waals surface area contributed by atoms with Gasteiger partial charge in [-0.1, -0.05) is 0 Å². The largest absolute Gasteiger partial charge is 0.356 e. The molecule has 0 spiro atoms. The summed E-state index contributed by atoms with van der Waals surface area (Å²) in [5, 5.41) is 0. The Hall–Kier alpha value is -1.85. The molecule has 3 rings (SSSR count). The first kappa shape index (κ1) is 17.0. The van der Waals surface area contributed by atoms with Crippen LogP contribution in [-0.2, 0) is 4.79 Å². The van der Waals surface area contributed by atoms with Gasteiger partial charge in [-0.25, -0.2) is 9.97 Å². The van der Waals surface area contributed by atoms with Crippen molar-refractivity contribution in [2.24, 2.45) is 5.92 Å². The van der Waals surface area contributed by atoms with Gasteiger partial charge in [-0.2, -0.15) is 0 Å². The van der Waals surface area contributed by atoms with Crippen molar-refractivity contribution in [3.05, 3.63) is 12.4 Å². The van der Waals surface area contributed by atoms with Gasteiger partial charge in [-0.15, -0.1) is 0 Å². The lowest BCUT2D eigenvalue weighted by Crippen LogP contribution is -2.42. The fourth-order valence-corrected chi connectivity index (χ4v) is 3.78. The fraction of sp³-hybridized carbons (Fsp3) is 0.722. The zero-order chi connectivity index (χ0) is 16.9. The van der Waals surface area contributed by atoms with Crippen molar-refractivity contribution in [1.82, 2.24) is 14.9 Å². The molecule has 2 saturated heterocycles.